The maximum atomic E-state index is 12.2. The van der Waals surface area contributed by atoms with Crippen molar-refractivity contribution in [1.82, 2.24) is 5.43 Å². The molecule has 0 aliphatic carbocycles. The Bertz CT molecular complexity index is 788. The lowest BCUT2D eigenvalue weighted by molar-refractivity contribution is 0.0955. The number of carbonyl (C=O) groups excluding carboxylic acids is 1. The topological polar surface area (TPSA) is 69.2 Å². The quantitative estimate of drug-likeness (QED) is 0.587. The molecule has 132 valence electrons. The van der Waals surface area contributed by atoms with Crippen molar-refractivity contribution in [2.45, 2.75) is 6.92 Å². The molecule has 0 saturated carbocycles. The minimum Gasteiger partial charge on any atom is -0.497 e. The summed E-state index contributed by atoms with van der Waals surface area (Å²) in [6.45, 7) is 1.79. The molecule has 0 radical (unpaired) electrons. The van der Waals surface area contributed by atoms with Gasteiger partial charge < -0.3 is 14.2 Å². The fourth-order valence-electron chi connectivity index (χ4n) is 2.13. The van der Waals surface area contributed by atoms with Gasteiger partial charge in [0.05, 0.1) is 27.0 Å². The van der Waals surface area contributed by atoms with Crippen molar-refractivity contribution in [3.8, 4) is 17.2 Å². The molecule has 0 heterocycles. The summed E-state index contributed by atoms with van der Waals surface area (Å²) in [5.41, 5.74) is 4.44. The Hall–Kier alpha value is -2.54. The van der Waals surface area contributed by atoms with Crippen LogP contribution in [0.5, 0.6) is 17.2 Å². The van der Waals surface area contributed by atoms with Crippen LogP contribution in [0.25, 0.3) is 0 Å². The van der Waals surface area contributed by atoms with Gasteiger partial charge in [-0.2, -0.15) is 5.10 Å². The molecule has 1 amide bonds. The number of methoxy groups -OCH3 is 3. The van der Waals surface area contributed by atoms with E-state index in [1.54, 1.807) is 64.7 Å². The number of rotatable bonds is 6. The Morgan fingerprint density at radius 2 is 1.60 bits per heavy atom. The van der Waals surface area contributed by atoms with Crippen LogP contribution in [0.3, 0.4) is 0 Å². The lowest BCUT2D eigenvalue weighted by atomic mass is 10.1. The summed E-state index contributed by atoms with van der Waals surface area (Å²) < 4.78 is 16.4. The van der Waals surface area contributed by atoms with Gasteiger partial charge in [0.25, 0.3) is 5.91 Å². The fourth-order valence-corrected chi connectivity index (χ4v) is 2.74. The van der Waals surface area contributed by atoms with Gasteiger partial charge in [0, 0.05) is 15.6 Å². The van der Waals surface area contributed by atoms with Crippen LogP contribution in [0.15, 0.2) is 46.0 Å². The third kappa shape index (κ3) is 4.51. The minimum absolute atomic E-state index is 0.307. The largest absolute Gasteiger partial charge is 0.497 e. The zero-order chi connectivity index (χ0) is 18.4. The summed E-state index contributed by atoms with van der Waals surface area (Å²) in [4.78, 5) is 12.2. The average Bonchev–Trinajstić information content (AvgIpc) is 2.65. The minimum atomic E-state index is -0.307. The number of carbonyl (C=O) groups is 1. The molecular formula is C18H19BrN2O4. The predicted octanol–water partition coefficient (Wildman–Crippen LogP) is 3.63. The number of halogens is 1. The van der Waals surface area contributed by atoms with Gasteiger partial charge in [-0.05, 0) is 59.3 Å². The summed E-state index contributed by atoms with van der Waals surface area (Å²) in [7, 11) is 4.71. The molecule has 2 aromatic rings. The molecule has 2 rings (SSSR count). The Balaban J connectivity index is 2.19. The van der Waals surface area contributed by atoms with Gasteiger partial charge in [-0.25, -0.2) is 5.43 Å². The third-order valence-electron chi connectivity index (χ3n) is 3.54. The van der Waals surface area contributed by atoms with Crippen LogP contribution in [0, 0.1) is 0 Å². The number of hydrogen-bond donors (Lipinski definition) is 1. The second kappa shape index (κ2) is 8.53. The van der Waals surface area contributed by atoms with Gasteiger partial charge in [0.1, 0.15) is 5.75 Å². The zero-order valence-corrected chi connectivity index (χ0v) is 16.0. The second-order valence-corrected chi connectivity index (χ2v) is 5.91. The maximum Gasteiger partial charge on any atom is 0.271 e. The van der Waals surface area contributed by atoms with E-state index in [0.717, 1.165) is 10.0 Å². The number of benzene rings is 2. The van der Waals surface area contributed by atoms with Gasteiger partial charge in [0.15, 0.2) is 11.5 Å². The van der Waals surface area contributed by atoms with E-state index in [-0.39, 0.29) is 5.91 Å². The monoisotopic (exact) mass is 406 g/mol. The van der Waals surface area contributed by atoms with E-state index in [4.69, 9.17) is 14.2 Å². The Labute approximate surface area is 154 Å². The molecule has 25 heavy (non-hydrogen) atoms. The summed E-state index contributed by atoms with van der Waals surface area (Å²) in [5.74, 6) is 1.56. The smallest absolute Gasteiger partial charge is 0.271 e. The molecule has 2 aromatic carbocycles. The van der Waals surface area contributed by atoms with E-state index < -0.39 is 0 Å². The van der Waals surface area contributed by atoms with Crippen molar-refractivity contribution in [1.29, 1.82) is 0 Å². The molecule has 7 heteroatoms. The molecule has 0 aliphatic heterocycles. The van der Waals surface area contributed by atoms with Gasteiger partial charge in [0.2, 0.25) is 0 Å². The molecule has 0 aliphatic rings. The maximum absolute atomic E-state index is 12.2. The van der Waals surface area contributed by atoms with E-state index in [0.29, 0.717) is 28.5 Å². The second-order valence-electron chi connectivity index (χ2n) is 5.05. The van der Waals surface area contributed by atoms with Gasteiger partial charge in [-0.15, -0.1) is 0 Å². The van der Waals surface area contributed by atoms with Crippen LogP contribution in [0.1, 0.15) is 22.8 Å². The molecule has 6 nitrogen and oxygen atoms in total. The number of nitrogens with one attached hydrogen (secondary N) is 1. The van der Waals surface area contributed by atoms with Gasteiger partial charge in [-0.3, -0.25) is 4.79 Å². The standard InChI is InChI=1S/C18H19BrN2O4/c1-11(14-9-16(24-3)17(25-4)10-15(14)19)20-21-18(22)12-5-7-13(23-2)8-6-12/h5-10H,1-4H3,(H,21,22)/b20-11-. The first-order valence-electron chi connectivity index (χ1n) is 7.40. The van der Waals surface area contributed by atoms with Crippen LogP contribution >= 0.6 is 15.9 Å². The van der Waals surface area contributed by atoms with Crippen LogP contribution < -0.4 is 19.6 Å². The zero-order valence-electron chi connectivity index (χ0n) is 14.4. The van der Waals surface area contributed by atoms with Crippen molar-refractivity contribution in [3.05, 3.63) is 52.0 Å². The number of hydrogen-bond acceptors (Lipinski definition) is 5. The van der Waals surface area contributed by atoms with Crippen molar-refractivity contribution in [2.75, 3.05) is 21.3 Å². The van der Waals surface area contributed by atoms with E-state index in [1.165, 1.54) is 0 Å². The molecule has 0 aromatic heterocycles. The summed E-state index contributed by atoms with van der Waals surface area (Å²) in [5, 5.41) is 4.16. The highest BCUT2D eigenvalue weighted by atomic mass is 79.9. The van der Waals surface area contributed by atoms with Crippen LogP contribution in [-0.4, -0.2) is 32.9 Å². The average molecular weight is 407 g/mol. The van der Waals surface area contributed by atoms with Gasteiger partial charge in [-0.1, -0.05) is 0 Å². The Morgan fingerprint density at radius 1 is 1.00 bits per heavy atom. The van der Waals surface area contributed by atoms with Crippen molar-refractivity contribution < 1.29 is 19.0 Å². The molecule has 0 atom stereocenters. The fraction of sp³-hybridized carbons (Fsp3) is 0.222. The molecule has 0 fully saturated rings. The molecule has 0 saturated heterocycles. The summed E-state index contributed by atoms with van der Waals surface area (Å²) >= 11 is 3.48. The highest BCUT2D eigenvalue weighted by Gasteiger charge is 2.12. The number of nitrogens with zero attached hydrogens (tertiary/aromatic N) is 1. The normalized spacial score (nSPS) is 11.0. The Kier molecular flexibility index (Phi) is 6.41. The van der Waals surface area contributed by atoms with Crippen molar-refractivity contribution in [2.24, 2.45) is 5.10 Å². The number of amides is 1. The van der Waals surface area contributed by atoms with E-state index in [2.05, 4.69) is 26.5 Å². The summed E-state index contributed by atoms with van der Waals surface area (Å²) in [6.07, 6.45) is 0. The molecule has 0 unspecified atom stereocenters. The first kappa shape index (κ1) is 18.8. The predicted molar refractivity (Wildman–Crippen MR) is 99.9 cm³/mol. The molecule has 0 bridgehead atoms. The molecule has 1 N–H and O–H groups in total. The van der Waals surface area contributed by atoms with Crippen LogP contribution in [0.4, 0.5) is 0 Å². The Morgan fingerprint density at radius 3 is 2.16 bits per heavy atom. The highest BCUT2D eigenvalue weighted by molar-refractivity contribution is 9.10. The van der Waals surface area contributed by atoms with Crippen molar-refractivity contribution in [3.63, 3.8) is 0 Å². The lowest BCUT2D eigenvalue weighted by Crippen LogP contribution is -2.19. The first-order valence-corrected chi connectivity index (χ1v) is 8.20. The van der Waals surface area contributed by atoms with E-state index in [1.807, 2.05) is 0 Å². The molecule has 0 spiro atoms. The first-order chi connectivity index (χ1) is 12.0. The van der Waals surface area contributed by atoms with Crippen LogP contribution in [0.2, 0.25) is 0 Å². The molecular weight excluding hydrogens is 388 g/mol. The SMILES string of the molecule is COc1ccc(C(=O)N/N=C(/C)c2cc(OC)c(OC)cc2Br)cc1. The highest BCUT2D eigenvalue weighted by Crippen LogP contribution is 2.33. The van der Waals surface area contributed by atoms with Crippen molar-refractivity contribution >= 4 is 27.5 Å². The third-order valence-corrected chi connectivity index (χ3v) is 4.20. The van der Waals surface area contributed by atoms with E-state index in [9.17, 15) is 4.79 Å². The van der Waals surface area contributed by atoms with Crippen LogP contribution in [-0.2, 0) is 0 Å². The summed E-state index contributed by atoms with van der Waals surface area (Å²) in [6, 6.07) is 10.4. The van der Waals surface area contributed by atoms with Gasteiger partial charge >= 0.3 is 0 Å². The lowest BCUT2D eigenvalue weighted by Gasteiger charge is -2.12. The van der Waals surface area contributed by atoms with E-state index >= 15 is 0 Å². The number of ether oxygens (including phenoxy) is 3. The number of hydrazone groups is 1.